The summed E-state index contributed by atoms with van der Waals surface area (Å²) in [6.07, 6.45) is 8.52. The van der Waals surface area contributed by atoms with Crippen LogP contribution in [0.3, 0.4) is 0 Å². The quantitative estimate of drug-likeness (QED) is 0.833. The van der Waals surface area contributed by atoms with Crippen LogP contribution in [-0.4, -0.2) is 57.2 Å². The summed E-state index contributed by atoms with van der Waals surface area (Å²) < 4.78 is 12.1. The van der Waals surface area contributed by atoms with E-state index in [9.17, 15) is 4.79 Å². The van der Waals surface area contributed by atoms with E-state index in [0.717, 1.165) is 24.1 Å². The van der Waals surface area contributed by atoms with Crippen LogP contribution in [0.5, 0.6) is 0 Å². The molecule has 0 aliphatic carbocycles. The van der Waals surface area contributed by atoms with Crippen molar-refractivity contribution in [2.24, 2.45) is 0 Å². The number of aromatic nitrogens is 3. The Balaban J connectivity index is 1.31. The molecule has 7 nitrogen and oxygen atoms in total. The number of ether oxygens (including phenoxy) is 2. The highest BCUT2D eigenvalue weighted by Gasteiger charge is 2.49. The normalized spacial score (nSPS) is 21.4. The molecule has 2 aliphatic heterocycles. The van der Waals surface area contributed by atoms with E-state index in [1.807, 2.05) is 19.1 Å². The third-order valence-electron chi connectivity index (χ3n) is 4.93. The zero-order valence-corrected chi connectivity index (χ0v) is 14.8. The molecule has 2 aromatic heterocycles. The van der Waals surface area contributed by atoms with Gasteiger partial charge in [0.1, 0.15) is 11.3 Å². The lowest BCUT2D eigenvalue weighted by atomic mass is 9.84. The van der Waals surface area contributed by atoms with Gasteiger partial charge in [0, 0.05) is 31.6 Å². The minimum atomic E-state index is -0.283. The molecule has 2 saturated heterocycles. The van der Waals surface area contributed by atoms with Crippen molar-refractivity contribution in [3.63, 3.8) is 0 Å². The lowest BCUT2D eigenvalue weighted by Gasteiger charge is -2.52. The number of amides is 1. The van der Waals surface area contributed by atoms with Crippen molar-refractivity contribution in [1.29, 1.82) is 0 Å². The highest BCUT2D eigenvalue weighted by atomic mass is 16.5. The van der Waals surface area contributed by atoms with Gasteiger partial charge in [-0.2, -0.15) is 0 Å². The van der Waals surface area contributed by atoms with Crippen molar-refractivity contribution in [2.75, 3.05) is 19.7 Å². The maximum atomic E-state index is 12.5. The van der Waals surface area contributed by atoms with Crippen LogP contribution in [0.25, 0.3) is 0 Å². The first kappa shape index (κ1) is 17.1. The molecule has 4 rings (SSSR count). The van der Waals surface area contributed by atoms with Crippen molar-refractivity contribution in [1.82, 2.24) is 19.9 Å². The van der Waals surface area contributed by atoms with E-state index in [0.29, 0.717) is 32.0 Å². The molecular weight excluding hydrogens is 332 g/mol. The van der Waals surface area contributed by atoms with Gasteiger partial charge in [-0.05, 0) is 31.0 Å². The fourth-order valence-corrected chi connectivity index (χ4v) is 3.50. The van der Waals surface area contributed by atoms with E-state index in [1.54, 1.807) is 23.5 Å². The first-order valence-corrected chi connectivity index (χ1v) is 8.86. The Hall–Kier alpha value is -2.38. The lowest BCUT2D eigenvalue weighted by Crippen LogP contribution is -2.67. The van der Waals surface area contributed by atoms with Crippen LogP contribution in [0.15, 0.2) is 36.9 Å². The lowest BCUT2D eigenvalue weighted by molar-refractivity contribution is -0.188. The zero-order valence-electron chi connectivity index (χ0n) is 14.8. The summed E-state index contributed by atoms with van der Waals surface area (Å²) in [5.74, 6) is -0.0912. The number of pyridine rings is 1. The van der Waals surface area contributed by atoms with E-state index in [2.05, 4.69) is 15.0 Å². The van der Waals surface area contributed by atoms with E-state index in [4.69, 9.17) is 9.47 Å². The van der Waals surface area contributed by atoms with Crippen molar-refractivity contribution in [2.45, 2.75) is 38.1 Å². The first-order chi connectivity index (χ1) is 12.6. The molecule has 0 radical (unpaired) electrons. The van der Waals surface area contributed by atoms with Gasteiger partial charge in [0.15, 0.2) is 0 Å². The summed E-state index contributed by atoms with van der Waals surface area (Å²) in [6.45, 7) is 4.24. The van der Waals surface area contributed by atoms with Gasteiger partial charge in [0.05, 0.1) is 37.7 Å². The number of carbonyl (C=O) groups excluding carboxylic acids is 1. The number of aryl methyl sites for hydroxylation is 1. The van der Waals surface area contributed by atoms with Crippen LogP contribution in [0.4, 0.5) is 0 Å². The molecule has 136 valence electrons. The average molecular weight is 354 g/mol. The summed E-state index contributed by atoms with van der Waals surface area (Å²) in [5, 5.41) is 0. The van der Waals surface area contributed by atoms with Gasteiger partial charge in [0.25, 0.3) is 5.91 Å². The number of likely N-dealkylation sites (tertiary alicyclic amines) is 1. The second-order valence-corrected chi connectivity index (χ2v) is 7.02. The predicted octanol–water partition coefficient (Wildman–Crippen LogP) is 1.77. The Morgan fingerprint density at radius 3 is 2.85 bits per heavy atom. The maximum Gasteiger partial charge on any atom is 0.274 e. The van der Waals surface area contributed by atoms with Crippen LogP contribution < -0.4 is 0 Å². The summed E-state index contributed by atoms with van der Waals surface area (Å²) in [6, 6.07) is 3.92. The minimum absolute atomic E-state index is 0.0912. The largest absolute Gasteiger partial charge is 0.373 e. The molecule has 2 fully saturated rings. The molecule has 1 spiro atoms. The monoisotopic (exact) mass is 354 g/mol. The van der Waals surface area contributed by atoms with Gasteiger partial charge in [-0.25, -0.2) is 4.98 Å². The van der Waals surface area contributed by atoms with Crippen LogP contribution in [0.1, 0.15) is 34.6 Å². The molecule has 26 heavy (non-hydrogen) atoms. The molecular formula is C19H22N4O3. The molecule has 0 N–H and O–H groups in total. The van der Waals surface area contributed by atoms with E-state index < -0.39 is 0 Å². The SMILES string of the molecule is Cc1cnc(C(=O)N2CC3(CC(OCc4ccncc4)CCO3)C2)cn1. The van der Waals surface area contributed by atoms with Gasteiger partial charge >= 0.3 is 0 Å². The first-order valence-electron chi connectivity index (χ1n) is 8.86. The summed E-state index contributed by atoms with van der Waals surface area (Å²) in [4.78, 5) is 26.6. The van der Waals surface area contributed by atoms with Gasteiger partial charge in [-0.3, -0.25) is 14.8 Å². The van der Waals surface area contributed by atoms with Crippen LogP contribution in [0, 0.1) is 6.92 Å². The Kier molecular flexibility index (Phi) is 4.65. The zero-order chi connectivity index (χ0) is 18.0. The molecule has 0 saturated carbocycles. The Labute approximate surface area is 152 Å². The fraction of sp³-hybridized carbons (Fsp3) is 0.474. The number of rotatable bonds is 4. The highest BCUT2D eigenvalue weighted by molar-refractivity contribution is 5.92. The maximum absolute atomic E-state index is 12.5. The van der Waals surface area contributed by atoms with E-state index in [1.165, 1.54) is 6.20 Å². The second kappa shape index (κ2) is 7.09. The molecule has 2 aliphatic rings. The van der Waals surface area contributed by atoms with Crippen LogP contribution in [0.2, 0.25) is 0 Å². The number of nitrogens with zero attached hydrogens (tertiary/aromatic N) is 4. The standard InChI is InChI=1S/C19H22N4O3/c1-14-9-22-17(10-21-14)18(24)23-12-19(13-23)8-16(4-7-26-19)25-11-15-2-5-20-6-3-15/h2-3,5-6,9-10,16H,4,7-8,11-13H2,1H3. The Morgan fingerprint density at radius 1 is 1.31 bits per heavy atom. The summed E-state index contributed by atoms with van der Waals surface area (Å²) in [7, 11) is 0. The van der Waals surface area contributed by atoms with Crippen molar-refractivity contribution >= 4 is 5.91 Å². The average Bonchev–Trinajstić information content (AvgIpc) is 2.65. The van der Waals surface area contributed by atoms with Gasteiger partial charge in [-0.15, -0.1) is 0 Å². The molecule has 0 bridgehead atoms. The third kappa shape index (κ3) is 3.59. The molecule has 1 amide bonds. The van der Waals surface area contributed by atoms with Crippen molar-refractivity contribution in [3.8, 4) is 0 Å². The number of hydrogen-bond acceptors (Lipinski definition) is 6. The Morgan fingerprint density at radius 2 is 2.12 bits per heavy atom. The topological polar surface area (TPSA) is 77.4 Å². The second-order valence-electron chi connectivity index (χ2n) is 7.02. The number of hydrogen-bond donors (Lipinski definition) is 0. The molecule has 7 heteroatoms. The van der Waals surface area contributed by atoms with Gasteiger partial charge < -0.3 is 14.4 Å². The third-order valence-corrected chi connectivity index (χ3v) is 4.93. The molecule has 1 unspecified atom stereocenters. The minimum Gasteiger partial charge on any atom is -0.373 e. The molecule has 4 heterocycles. The van der Waals surface area contributed by atoms with Gasteiger partial charge in [0.2, 0.25) is 0 Å². The van der Waals surface area contributed by atoms with Crippen LogP contribution in [-0.2, 0) is 16.1 Å². The molecule has 1 atom stereocenters. The molecule has 0 aromatic carbocycles. The summed E-state index contributed by atoms with van der Waals surface area (Å²) >= 11 is 0. The fourth-order valence-electron chi connectivity index (χ4n) is 3.50. The number of carbonyl (C=O) groups is 1. The highest BCUT2D eigenvalue weighted by Crippen LogP contribution is 2.36. The Bertz CT molecular complexity index is 760. The van der Waals surface area contributed by atoms with Crippen LogP contribution >= 0.6 is 0 Å². The smallest absolute Gasteiger partial charge is 0.274 e. The molecule has 2 aromatic rings. The van der Waals surface area contributed by atoms with Gasteiger partial charge in [-0.1, -0.05) is 0 Å². The van der Waals surface area contributed by atoms with Crippen molar-refractivity contribution < 1.29 is 14.3 Å². The van der Waals surface area contributed by atoms with E-state index >= 15 is 0 Å². The van der Waals surface area contributed by atoms with Crippen molar-refractivity contribution in [3.05, 3.63) is 53.9 Å². The predicted molar refractivity (Wildman–Crippen MR) is 93.4 cm³/mol. The van der Waals surface area contributed by atoms with E-state index in [-0.39, 0.29) is 17.6 Å². The summed E-state index contributed by atoms with van der Waals surface area (Å²) in [5.41, 5.74) is 2.01.